The normalized spacial score (nSPS) is 22.8. The molecule has 29 heavy (non-hydrogen) atoms. The molecule has 1 atom stereocenters. The van der Waals surface area contributed by atoms with Gasteiger partial charge < -0.3 is 10.6 Å². The second kappa shape index (κ2) is 6.88. The molecule has 3 amide bonds. The molecule has 2 aliphatic heterocycles. The maximum absolute atomic E-state index is 13.1. The summed E-state index contributed by atoms with van der Waals surface area (Å²) in [7, 11) is 0. The minimum atomic E-state index is -0.360. The topological polar surface area (TPSA) is 73.8 Å². The quantitative estimate of drug-likeness (QED) is 0.789. The van der Waals surface area contributed by atoms with E-state index in [2.05, 4.69) is 27.8 Å². The van der Waals surface area contributed by atoms with Gasteiger partial charge in [-0.3, -0.25) is 14.7 Å². The number of amides is 3. The lowest BCUT2D eigenvalue weighted by Crippen LogP contribution is -2.51. The van der Waals surface area contributed by atoms with Crippen molar-refractivity contribution in [2.75, 3.05) is 18.4 Å². The summed E-state index contributed by atoms with van der Waals surface area (Å²) in [6.07, 6.45) is 3.60. The molecule has 0 aromatic heterocycles. The van der Waals surface area contributed by atoms with Crippen LogP contribution in [0.2, 0.25) is 0 Å². The predicted molar refractivity (Wildman–Crippen MR) is 112 cm³/mol. The Morgan fingerprint density at radius 1 is 1.07 bits per heavy atom. The molecule has 146 valence electrons. The molecular weight excluding hydrogens is 364 g/mol. The molecule has 1 unspecified atom stereocenters. The van der Waals surface area contributed by atoms with Crippen LogP contribution in [0.5, 0.6) is 0 Å². The molecular formula is C23H22N4O2. The number of anilines is 1. The van der Waals surface area contributed by atoms with Crippen LogP contribution >= 0.6 is 0 Å². The van der Waals surface area contributed by atoms with Gasteiger partial charge in [0.15, 0.2) is 0 Å². The molecule has 2 heterocycles. The molecule has 2 aromatic rings. The molecule has 0 radical (unpaired) electrons. The third-order valence-electron chi connectivity index (χ3n) is 6.18. The van der Waals surface area contributed by atoms with E-state index in [0.29, 0.717) is 25.2 Å². The van der Waals surface area contributed by atoms with Crippen molar-refractivity contribution in [1.82, 2.24) is 10.2 Å². The number of urea groups is 1. The second-order valence-corrected chi connectivity index (χ2v) is 7.85. The van der Waals surface area contributed by atoms with Crippen molar-refractivity contribution in [2.24, 2.45) is 10.4 Å². The van der Waals surface area contributed by atoms with Crippen LogP contribution < -0.4 is 10.6 Å². The van der Waals surface area contributed by atoms with Crippen LogP contribution in [-0.4, -0.2) is 36.3 Å². The predicted octanol–water partition coefficient (Wildman–Crippen LogP) is 3.43. The number of carbonyl (C=O) groups is 2. The lowest BCUT2D eigenvalue weighted by Gasteiger charge is -2.46. The highest BCUT2D eigenvalue weighted by molar-refractivity contribution is 6.02. The lowest BCUT2D eigenvalue weighted by molar-refractivity contribution is -0.133. The number of nitrogens with one attached hydrogen (secondary N) is 2. The van der Waals surface area contributed by atoms with Crippen LogP contribution in [0.15, 0.2) is 65.2 Å². The van der Waals surface area contributed by atoms with Crippen LogP contribution in [0, 0.1) is 5.41 Å². The van der Waals surface area contributed by atoms with Gasteiger partial charge in [-0.05, 0) is 36.1 Å². The van der Waals surface area contributed by atoms with Crippen molar-refractivity contribution < 1.29 is 9.59 Å². The largest absolute Gasteiger partial charge is 0.346 e. The third kappa shape index (κ3) is 3.01. The van der Waals surface area contributed by atoms with E-state index in [4.69, 9.17) is 0 Å². The SMILES string of the molecule is O=C1CC2(CCN1C(=O)Nc1ccccc1)Cc1ccccc1C1=C2CN=CN1. The van der Waals surface area contributed by atoms with E-state index in [9.17, 15) is 9.59 Å². The molecule has 1 spiro atoms. The minimum absolute atomic E-state index is 0.134. The fourth-order valence-electron chi connectivity index (χ4n) is 4.74. The highest BCUT2D eigenvalue weighted by atomic mass is 16.2. The number of piperidine rings is 1. The summed E-state index contributed by atoms with van der Waals surface area (Å²) in [5.74, 6) is -0.134. The average molecular weight is 386 g/mol. The zero-order valence-corrected chi connectivity index (χ0v) is 16.0. The summed E-state index contributed by atoms with van der Waals surface area (Å²) in [6.45, 7) is 1.00. The molecule has 6 nitrogen and oxygen atoms in total. The maximum Gasteiger partial charge on any atom is 0.328 e. The van der Waals surface area contributed by atoms with E-state index in [1.165, 1.54) is 21.6 Å². The number of hydrogen-bond donors (Lipinski definition) is 2. The van der Waals surface area contributed by atoms with Gasteiger partial charge in [0.25, 0.3) is 0 Å². The fourth-order valence-corrected chi connectivity index (χ4v) is 4.74. The summed E-state index contributed by atoms with van der Waals surface area (Å²) in [5, 5.41) is 6.14. The fraction of sp³-hybridized carbons (Fsp3) is 0.261. The third-order valence-corrected chi connectivity index (χ3v) is 6.18. The van der Waals surface area contributed by atoms with E-state index < -0.39 is 0 Å². The van der Waals surface area contributed by atoms with Gasteiger partial charge in [0.1, 0.15) is 0 Å². The van der Waals surface area contributed by atoms with Crippen molar-refractivity contribution in [3.05, 3.63) is 71.3 Å². The van der Waals surface area contributed by atoms with Gasteiger partial charge in [-0.15, -0.1) is 0 Å². The monoisotopic (exact) mass is 386 g/mol. The minimum Gasteiger partial charge on any atom is -0.346 e. The van der Waals surface area contributed by atoms with Crippen LogP contribution in [0.25, 0.3) is 5.70 Å². The first-order valence-electron chi connectivity index (χ1n) is 9.89. The molecule has 1 saturated heterocycles. The van der Waals surface area contributed by atoms with Gasteiger partial charge >= 0.3 is 6.03 Å². The van der Waals surface area contributed by atoms with Gasteiger partial charge in [-0.1, -0.05) is 42.5 Å². The summed E-state index contributed by atoms with van der Waals surface area (Å²) in [4.78, 5) is 31.5. The lowest BCUT2D eigenvalue weighted by atomic mass is 9.63. The summed E-state index contributed by atoms with van der Waals surface area (Å²) in [5.41, 5.74) is 5.11. The number of carbonyl (C=O) groups excluding carboxylic acids is 2. The summed E-state index contributed by atoms with van der Waals surface area (Å²) in [6, 6.07) is 17.2. The Morgan fingerprint density at radius 3 is 2.69 bits per heavy atom. The maximum atomic E-state index is 13.1. The number of rotatable bonds is 1. The Morgan fingerprint density at radius 2 is 1.86 bits per heavy atom. The molecule has 1 fully saturated rings. The van der Waals surface area contributed by atoms with E-state index in [1.54, 1.807) is 6.34 Å². The molecule has 0 saturated carbocycles. The molecule has 6 heteroatoms. The standard InChI is InChI=1S/C23H22N4O2/c28-20-13-23(10-11-27(20)22(29)26-17-7-2-1-3-8-17)12-16-6-4-5-9-18(16)21-19(23)14-24-15-25-21/h1-9,15H,10-14H2,(H,24,25)(H,26,29). The molecule has 3 aliphatic rings. The van der Waals surface area contributed by atoms with Gasteiger partial charge in [0.2, 0.25) is 5.91 Å². The molecule has 2 aromatic carbocycles. The number of fused-ring (bicyclic) bond motifs is 3. The first kappa shape index (κ1) is 17.7. The Labute approximate surface area is 169 Å². The average Bonchev–Trinajstić information content (AvgIpc) is 2.75. The Hall–Kier alpha value is -3.41. The zero-order chi connectivity index (χ0) is 19.8. The number of aliphatic imine (C=N–C) groups is 1. The van der Waals surface area contributed by atoms with Crippen molar-refractivity contribution in [3.8, 4) is 0 Å². The van der Waals surface area contributed by atoms with Crippen molar-refractivity contribution in [1.29, 1.82) is 0 Å². The Kier molecular flexibility index (Phi) is 4.19. The van der Waals surface area contributed by atoms with Gasteiger partial charge in [0.05, 0.1) is 12.9 Å². The van der Waals surface area contributed by atoms with Crippen molar-refractivity contribution in [2.45, 2.75) is 19.3 Å². The van der Waals surface area contributed by atoms with Crippen molar-refractivity contribution in [3.63, 3.8) is 0 Å². The van der Waals surface area contributed by atoms with Crippen molar-refractivity contribution >= 4 is 29.7 Å². The Balaban J connectivity index is 1.41. The number of benzene rings is 2. The first-order valence-corrected chi connectivity index (χ1v) is 9.89. The van der Waals surface area contributed by atoms with Crippen LogP contribution in [0.1, 0.15) is 24.0 Å². The van der Waals surface area contributed by atoms with E-state index in [1.807, 2.05) is 42.5 Å². The van der Waals surface area contributed by atoms with Gasteiger partial charge in [-0.2, -0.15) is 0 Å². The van der Waals surface area contributed by atoms with Crippen LogP contribution in [-0.2, 0) is 11.2 Å². The summed E-state index contributed by atoms with van der Waals surface area (Å²) >= 11 is 0. The molecule has 0 bridgehead atoms. The van der Waals surface area contributed by atoms with Crippen LogP contribution in [0.4, 0.5) is 10.5 Å². The van der Waals surface area contributed by atoms with Gasteiger partial charge in [-0.25, -0.2) is 4.79 Å². The van der Waals surface area contributed by atoms with Crippen LogP contribution in [0.3, 0.4) is 0 Å². The smallest absolute Gasteiger partial charge is 0.328 e. The van der Waals surface area contributed by atoms with E-state index in [0.717, 1.165) is 18.5 Å². The number of para-hydroxylation sites is 1. The highest BCUT2D eigenvalue weighted by Crippen LogP contribution is 2.49. The first-order chi connectivity index (χ1) is 14.2. The molecule has 1 aliphatic carbocycles. The Bertz CT molecular complexity index is 1040. The molecule has 2 N–H and O–H groups in total. The molecule has 5 rings (SSSR count). The second-order valence-electron chi connectivity index (χ2n) is 7.85. The number of likely N-dealkylation sites (tertiary alicyclic amines) is 1. The summed E-state index contributed by atoms with van der Waals surface area (Å²) < 4.78 is 0. The number of imide groups is 1. The zero-order valence-electron chi connectivity index (χ0n) is 16.0. The van der Waals surface area contributed by atoms with Gasteiger partial charge in [0, 0.05) is 35.3 Å². The van der Waals surface area contributed by atoms with E-state index >= 15 is 0 Å². The highest BCUT2D eigenvalue weighted by Gasteiger charge is 2.47. The number of hydrogen-bond acceptors (Lipinski definition) is 4. The number of nitrogens with zero attached hydrogens (tertiary/aromatic N) is 2. The van der Waals surface area contributed by atoms with E-state index in [-0.39, 0.29) is 17.4 Å².